The van der Waals surface area contributed by atoms with Crippen molar-refractivity contribution in [2.45, 2.75) is 58.2 Å². The van der Waals surface area contributed by atoms with Gasteiger partial charge in [-0.3, -0.25) is 9.69 Å². The maximum Gasteiger partial charge on any atom is 0.135 e. The molecule has 5 rings (SSSR count). The van der Waals surface area contributed by atoms with E-state index in [0.29, 0.717) is 11.8 Å². The third-order valence-corrected chi connectivity index (χ3v) is 5.95. The van der Waals surface area contributed by atoms with Gasteiger partial charge in [0.05, 0.1) is 0 Å². The van der Waals surface area contributed by atoms with Crippen LogP contribution >= 0.6 is 0 Å². The van der Waals surface area contributed by atoms with E-state index in [-0.39, 0.29) is 0 Å². The van der Waals surface area contributed by atoms with Crippen LogP contribution in [0, 0.1) is 5.92 Å². The number of hydrogen-bond donors (Lipinski definition) is 1. The maximum absolute atomic E-state index is 10.8. The Hall–Kier alpha value is -1.23. The molecular formula is C22H35N3O. The largest absolute Gasteiger partial charge is 0.312 e. The van der Waals surface area contributed by atoms with Crippen molar-refractivity contribution in [2.75, 3.05) is 32.7 Å². The molecule has 0 spiro atoms. The molecule has 4 aliphatic heterocycles. The number of carbonyl (C=O) groups excluding carboxylic acids is 1. The average molecular weight is 358 g/mol. The van der Waals surface area contributed by atoms with Gasteiger partial charge in [-0.05, 0) is 44.7 Å². The van der Waals surface area contributed by atoms with Gasteiger partial charge in [-0.15, -0.1) is 0 Å². The lowest BCUT2D eigenvalue weighted by Crippen LogP contribution is -2.39. The van der Waals surface area contributed by atoms with Crippen molar-refractivity contribution in [1.82, 2.24) is 15.1 Å². The highest BCUT2D eigenvalue weighted by Gasteiger charge is 2.28. The minimum absolute atomic E-state index is 0.428. The van der Waals surface area contributed by atoms with E-state index in [4.69, 9.17) is 0 Å². The molecular weight excluding hydrogens is 322 g/mol. The summed E-state index contributed by atoms with van der Waals surface area (Å²) >= 11 is 0. The Morgan fingerprint density at radius 3 is 2.42 bits per heavy atom. The molecule has 0 radical (unpaired) electrons. The molecule has 2 bridgehead atoms. The first-order valence-corrected chi connectivity index (χ1v) is 10.4. The number of Topliss-reactive ketones (excluding diaryl/α,β-unsaturated/α-hetero) is 1. The van der Waals surface area contributed by atoms with Crippen LogP contribution in [0.4, 0.5) is 0 Å². The minimum atomic E-state index is 0.428. The molecule has 4 saturated heterocycles. The Bertz CT molecular complexity index is 528. The zero-order chi connectivity index (χ0) is 18.4. The van der Waals surface area contributed by atoms with Crippen LogP contribution in [-0.4, -0.2) is 60.4 Å². The first-order chi connectivity index (χ1) is 12.6. The number of rotatable bonds is 3. The van der Waals surface area contributed by atoms with Crippen molar-refractivity contribution in [2.24, 2.45) is 5.92 Å². The lowest BCUT2D eigenvalue weighted by molar-refractivity contribution is -0.121. The van der Waals surface area contributed by atoms with E-state index >= 15 is 0 Å². The molecule has 0 saturated carbocycles. The highest BCUT2D eigenvalue weighted by atomic mass is 16.1. The molecule has 4 fully saturated rings. The molecule has 4 aliphatic rings. The molecule has 4 heterocycles. The SMILES string of the molecule is CC(C)N1CCC(=O)CC1.c1ccc(CN2CC3CCC(C2)NC3)cc1. The van der Waals surface area contributed by atoms with Gasteiger partial charge in [-0.1, -0.05) is 30.3 Å². The predicted octanol–water partition coefficient (Wildman–Crippen LogP) is 2.93. The molecule has 4 heteroatoms. The summed E-state index contributed by atoms with van der Waals surface area (Å²) in [7, 11) is 0. The Balaban J connectivity index is 0.000000170. The van der Waals surface area contributed by atoms with Crippen LogP contribution in [0.25, 0.3) is 0 Å². The summed E-state index contributed by atoms with van der Waals surface area (Å²) in [6.45, 7) is 11.1. The molecule has 4 nitrogen and oxygen atoms in total. The fourth-order valence-electron chi connectivity index (χ4n) is 4.30. The van der Waals surface area contributed by atoms with Gasteiger partial charge < -0.3 is 10.2 Å². The summed E-state index contributed by atoms with van der Waals surface area (Å²) in [4.78, 5) is 15.8. The molecule has 0 aliphatic carbocycles. The fourth-order valence-corrected chi connectivity index (χ4v) is 4.30. The highest BCUT2D eigenvalue weighted by molar-refractivity contribution is 5.79. The van der Waals surface area contributed by atoms with E-state index in [1.807, 2.05) is 0 Å². The maximum atomic E-state index is 10.8. The number of piperidine rings is 2. The standard InChI is InChI=1S/C14H20N2.C8H15NO/c1-2-4-12(5-3-1)9-16-10-13-6-7-14(11-16)15-8-13;1-7(2)9-5-3-8(10)4-6-9/h1-5,13-15H,6-11H2;7H,3-6H2,1-2H3. The van der Waals surface area contributed by atoms with Gasteiger partial charge in [0.25, 0.3) is 0 Å². The second-order valence-electron chi connectivity index (χ2n) is 8.40. The quantitative estimate of drug-likeness (QED) is 0.902. The molecule has 0 amide bonds. The van der Waals surface area contributed by atoms with Crippen molar-refractivity contribution >= 4 is 5.78 Å². The number of carbonyl (C=O) groups is 1. The van der Waals surface area contributed by atoms with Gasteiger partial charge >= 0.3 is 0 Å². The fraction of sp³-hybridized carbons (Fsp3) is 0.682. The van der Waals surface area contributed by atoms with E-state index in [9.17, 15) is 4.79 Å². The lowest BCUT2D eigenvalue weighted by atomic mass is 9.97. The molecule has 2 atom stereocenters. The van der Waals surface area contributed by atoms with Crippen LogP contribution in [0.2, 0.25) is 0 Å². The summed E-state index contributed by atoms with van der Waals surface area (Å²) < 4.78 is 0. The van der Waals surface area contributed by atoms with Crippen LogP contribution in [0.5, 0.6) is 0 Å². The van der Waals surface area contributed by atoms with E-state index in [2.05, 4.69) is 59.3 Å². The van der Waals surface area contributed by atoms with E-state index < -0.39 is 0 Å². The van der Waals surface area contributed by atoms with Gasteiger partial charge in [-0.2, -0.15) is 0 Å². The van der Waals surface area contributed by atoms with Crippen LogP contribution < -0.4 is 5.32 Å². The normalized spacial score (nSPS) is 27.1. The number of benzene rings is 1. The van der Waals surface area contributed by atoms with Gasteiger partial charge in [0.2, 0.25) is 0 Å². The zero-order valence-corrected chi connectivity index (χ0v) is 16.5. The van der Waals surface area contributed by atoms with Crippen LogP contribution in [0.15, 0.2) is 30.3 Å². The van der Waals surface area contributed by atoms with Crippen LogP contribution in [-0.2, 0) is 11.3 Å². The number of likely N-dealkylation sites (tertiary alicyclic amines) is 1. The monoisotopic (exact) mass is 357 g/mol. The molecule has 1 aromatic carbocycles. The number of ketones is 1. The van der Waals surface area contributed by atoms with Gasteiger partial charge in [0.15, 0.2) is 0 Å². The zero-order valence-electron chi connectivity index (χ0n) is 16.5. The van der Waals surface area contributed by atoms with Crippen molar-refractivity contribution < 1.29 is 4.79 Å². The van der Waals surface area contributed by atoms with Gasteiger partial charge in [-0.25, -0.2) is 0 Å². The minimum Gasteiger partial charge on any atom is -0.312 e. The van der Waals surface area contributed by atoms with E-state index in [1.54, 1.807) is 0 Å². The van der Waals surface area contributed by atoms with E-state index in [1.165, 1.54) is 38.0 Å². The Morgan fingerprint density at radius 1 is 1.08 bits per heavy atom. The molecule has 1 N–H and O–H groups in total. The number of nitrogens with zero attached hydrogens (tertiary/aromatic N) is 2. The van der Waals surface area contributed by atoms with Gasteiger partial charge in [0, 0.05) is 57.6 Å². The van der Waals surface area contributed by atoms with Crippen LogP contribution in [0.1, 0.15) is 45.1 Å². The smallest absolute Gasteiger partial charge is 0.135 e. The van der Waals surface area contributed by atoms with E-state index in [0.717, 1.165) is 44.4 Å². The first kappa shape index (κ1) is 19.5. The Morgan fingerprint density at radius 2 is 1.81 bits per heavy atom. The Labute approximate surface area is 158 Å². The summed E-state index contributed by atoms with van der Waals surface area (Å²) in [6, 6.07) is 12.2. The highest BCUT2D eigenvalue weighted by Crippen LogP contribution is 2.22. The van der Waals surface area contributed by atoms with Crippen LogP contribution in [0.3, 0.4) is 0 Å². The lowest BCUT2D eigenvalue weighted by Gasteiger charge is -2.29. The number of nitrogens with one attached hydrogen (secondary N) is 1. The molecule has 1 aromatic rings. The number of hydrogen-bond acceptors (Lipinski definition) is 4. The Kier molecular flexibility index (Phi) is 7.23. The third-order valence-electron chi connectivity index (χ3n) is 5.95. The second kappa shape index (κ2) is 9.63. The van der Waals surface area contributed by atoms with Crippen molar-refractivity contribution in [3.8, 4) is 0 Å². The number of fused-ring (bicyclic) bond motifs is 4. The average Bonchev–Trinajstić information content (AvgIpc) is 2.96. The predicted molar refractivity (Wildman–Crippen MR) is 107 cm³/mol. The van der Waals surface area contributed by atoms with Crippen molar-refractivity contribution in [3.05, 3.63) is 35.9 Å². The molecule has 144 valence electrons. The summed E-state index contributed by atoms with van der Waals surface area (Å²) in [5, 5.41) is 3.66. The summed E-state index contributed by atoms with van der Waals surface area (Å²) in [5.41, 5.74) is 1.45. The van der Waals surface area contributed by atoms with Crippen molar-refractivity contribution in [1.29, 1.82) is 0 Å². The molecule has 2 unspecified atom stereocenters. The third kappa shape index (κ3) is 5.90. The molecule has 26 heavy (non-hydrogen) atoms. The molecule has 0 aromatic heterocycles. The summed E-state index contributed by atoms with van der Waals surface area (Å²) in [6.07, 6.45) is 4.31. The topological polar surface area (TPSA) is 35.6 Å². The summed E-state index contributed by atoms with van der Waals surface area (Å²) in [5.74, 6) is 1.30. The first-order valence-electron chi connectivity index (χ1n) is 10.4. The van der Waals surface area contributed by atoms with Gasteiger partial charge in [0.1, 0.15) is 5.78 Å². The second-order valence-corrected chi connectivity index (χ2v) is 8.40. The van der Waals surface area contributed by atoms with Crippen molar-refractivity contribution in [3.63, 3.8) is 0 Å².